The second kappa shape index (κ2) is 5.35. The van der Waals surface area contributed by atoms with Gasteiger partial charge in [-0.15, -0.1) is 5.10 Å². The highest BCUT2D eigenvalue weighted by molar-refractivity contribution is 5.32. The molecule has 0 aromatic carbocycles. The molecule has 0 spiro atoms. The van der Waals surface area contributed by atoms with Crippen molar-refractivity contribution in [2.75, 3.05) is 18.0 Å². The number of nitrogens with one attached hydrogen (secondary N) is 1. The van der Waals surface area contributed by atoms with E-state index in [9.17, 15) is 0 Å². The summed E-state index contributed by atoms with van der Waals surface area (Å²) in [5.41, 5.74) is 6.43. The van der Waals surface area contributed by atoms with Gasteiger partial charge in [-0.3, -0.25) is 5.10 Å². The Morgan fingerprint density at radius 3 is 2.80 bits per heavy atom. The summed E-state index contributed by atoms with van der Waals surface area (Å²) in [6, 6.07) is 0.234. The van der Waals surface area contributed by atoms with Gasteiger partial charge in [0.2, 0.25) is 5.95 Å². The van der Waals surface area contributed by atoms with E-state index in [0.29, 0.717) is 5.92 Å². The third-order valence-corrected chi connectivity index (χ3v) is 5.51. The summed E-state index contributed by atoms with van der Waals surface area (Å²) < 4.78 is 0. The molecule has 2 aliphatic rings. The lowest BCUT2D eigenvalue weighted by atomic mass is 9.83. The highest BCUT2D eigenvalue weighted by Gasteiger charge is 2.37. The summed E-state index contributed by atoms with van der Waals surface area (Å²) in [7, 11) is 0. The normalized spacial score (nSPS) is 29.9. The Balaban J connectivity index is 1.77. The number of hydrogen-bond acceptors (Lipinski definition) is 4. The molecule has 1 aliphatic heterocycles. The van der Waals surface area contributed by atoms with E-state index in [2.05, 4.69) is 28.9 Å². The van der Waals surface area contributed by atoms with Gasteiger partial charge in [0, 0.05) is 24.5 Å². The Kier molecular flexibility index (Phi) is 3.71. The molecule has 5 heteroatoms. The van der Waals surface area contributed by atoms with Gasteiger partial charge in [0.15, 0.2) is 0 Å². The van der Waals surface area contributed by atoms with Crippen molar-refractivity contribution in [2.45, 2.75) is 63.8 Å². The minimum absolute atomic E-state index is 0.234. The summed E-state index contributed by atoms with van der Waals surface area (Å²) in [4.78, 5) is 7.06. The molecular weight excluding hydrogens is 250 g/mol. The topological polar surface area (TPSA) is 70.8 Å². The van der Waals surface area contributed by atoms with Crippen molar-refractivity contribution in [3.05, 3.63) is 5.82 Å². The van der Waals surface area contributed by atoms with Crippen LogP contribution in [0.15, 0.2) is 0 Å². The van der Waals surface area contributed by atoms with Gasteiger partial charge in [-0.2, -0.15) is 4.98 Å². The standard InChI is InChI=1S/C15H27N5/c1-3-15(7-4-5-8-15)13-17-14(19-18-13)20-9-6-11(2)12(16)10-20/h11-12H,3-10,16H2,1-2H3,(H,17,18,19). The van der Waals surface area contributed by atoms with Gasteiger partial charge in [-0.1, -0.05) is 26.7 Å². The van der Waals surface area contributed by atoms with E-state index in [-0.39, 0.29) is 11.5 Å². The Morgan fingerprint density at radius 1 is 1.40 bits per heavy atom. The van der Waals surface area contributed by atoms with Crippen molar-refractivity contribution >= 4 is 5.95 Å². The fourth-order valence-electron chi connectivity index (χ4n) is 3.72. The van der Waals surface area contributed by atoms with Gasteiger partial charge < -0.3 is 10.6 Å². The molecule has 2 unspecified atom stereocenters. The number of rotatable bonds is 3. The summed E-state index contributed by atoms with van der Waals surface area (Å²) in [6.07, 6.45) is 7.40. The van der Waals surface area contributed by atoms with Crippen LogP contribution in [0.1, 0.15) is 58.2 Å². The predicted molar refractivity (Wildman–Crippen MR) is 80.8 cm³/mol. The molecule has 2 atom stereocenters. The highest BCUT2D eigenvalue weighted by atomic mass is 15.4. The molecule has 5 nitrogen and oxygen atoms in total. The molecule has 0 amide bonds. The lowest BCUT2D eigenvalue weighted by molar-refractivity contribution is 0.376. The van der Waals surface area contributed by atoms with Crippen LogP contribution in [-0.4, -0.2) is 34.3 Å². The second-order valence-electron chi connectivity index (χ2n) is 6.70. The maximum atomic E-state index is 6.18. The highest BCUT2D eigenvalue weighted by Crippen LogP contribution is 2.42. The van der Waals surface area contributed by atoms with E-state index in [1.807, 2.05) is 0 Å². The summed E-state index contributed by atoms with van der Waals surface area (Å²) in [5.74, 6) is 2.54. The number of piperidine rings is 1. The van der Waals surface area contributed by atoms with Crippen LogP contribution in [0, 0.1) is 5.92 Å². The lowest BCUT2D eigenvalue weighted by Crippen LogP contribution is -2.48. The number of hydrogen-bond donors (Lipinski definition) is 2. The SMILES string of the molecule is CCC1(c2nc(N3CCC(C)C(N)C3)n[nH]2)CCCC1. The first-order valence-electron chi connectivity index (χ1n) is 8.08. The maximum Gasteiger partial charge on any atom is 0.244 e. The molecule has 1 saturated carbocycles. The molecule has 3 rings (SSSR count). The van der Waals surface area contributed by atoms with Gasteiger partial charge in [0.25, 0.3) is 0 Å². The third-order valence-electron chi connectivity index (χ3n) is 5.51. The van der Waals surface area contributed by atoms with Gasteiger partial charge in [-0.05, 0) is 31.6 Å². The molecule has 1 saturated heterocycles. The smallest absolute Gasteiger partial charge is 0.244 e. The van der Waals surface area contributed by atoms with Crippen molar-refractivity contribution in [2.24, 2.45) is 11.7 Å². The summed E-state index contributed by atoms with van der Waals surface area (Å²) >= 11 is 0. The first-order chi connectivity index (χ1) is 9.64. The van der Waals surface area contributed by atoms with E-state index in [1.165, 1.54) is 25.7 Å². The first kappa shape index (κ1) is 13.9. The van der Waals surface area contributed by atoms with Crippen molar-refractivity contribution in [1.29, 1.82) is 0 Å². The molecular formula is C15H27N5. The summed E-state index contributed by atoms with van der Waals surface area (Å²) in [5, 5.41) is 7.69. The van der Waals surface area contributed by atoms with E-state index < -0.39 is 0 Å². The zero-order valence-corrected chi connectivity index (χ0v) is 12.7. The zero-order valence-electron chi connectivity index (χ0n) is 12.7. The minimum atomic E-state index is 0.234. The molecule has 2 fully saturated rings. The average Bonchev–Trinajstić information content (AvgIpc) is 3.10. The van der Waals surface area contributed by atoms with Gasteiger partial charge in [0.05, 0.1) is 0 Å². The van der Waals surface area contributed by atoms with Crippen LogP contribution in [-0.2, 0) is 5.41 Å². The fourth-order valence-corrected chi connectivity index (χ4v) is 3.72. The first-order valence-corrected chi connectivity index (χ1v) is 8.08. The molecule has 3 N–H and O–H groups in total. The molecule has 1 aromatic rings. The van der Waals surface area contributed by atoms with E-state index in [4.69, 9.17) is 10.7 Å². The fraction of sp³-hybridized carbons (Fsp3) is 0.867. The van der Waals surface area contributed by atoms with Crippen LogP contribution in [0.2, 0.25) is 0 Å². The van der Waals surface area contributed by atoms with Crippen molar-refractivity contribution < 1.29 is 0 Å². The second-order valence-corrected chi connectivity index (χ2v) is 6.70. The number of aromatic amines is 1. The number of nitrogens with two attached hydrogens (primary N) is 1. The number of H-pyrrole nitrogens is 1. The summed E-state index contributed by atoms with van der Waals surface area (Å²) in [6.45, 7) is 6.39. The predicted octanol–water partition coefficient (Wildman–Crippen LogP) is 2.20. The third kappa shape index (κ3) is 2.32. The molecule has 1 aliphatic carbocycles. The molecule has 2 heterocycles. The Morgan fingerprint density at radius 2 is 2.15 bits per heavy atom. The van der Waals surface area contributed by atoms with Crippen molar-refractivity contribution in [1.82, 2.24) is 15.2 Å². The minimum Gasteiger partial charge on any atom is -0.338 e. The zero-order chi connectivity index (χ0) is 14.2. The van der Waals surface area contributed by atoms with Crippen LogP contribution in [0.4, 0.5) is 5.95 Å². The van der Waals surface area contributed by atoms with Crippen LogP contribution in [0.5, 0.6) is 0 Å². The van der Waals surface area contributed by atoms with Crippen molar-refractivity contribution in [3.8, 4) is 0 Å². The number of nitrogens with zero attached hydrogens (tertiary/aromatic N) is 3. The maximum absolute atomic E-state index is 6.18. The molecule has 0 radical (unpaired) electrons. The average molecular weight is 277 g/mol. The van der Waals surface area contributed by atoms with E-state index in [0.717, 1.165) is 37.7 Å². The molecule has 112 valence electrons. The quantitative estimate of drug-likeness (QED) is 0.888. The van der Waals surface area contributed by atoms with Gasteiger partial charge >= 0.3 is 0 Å². The number of anilines is 1. The molecule has 1 aromatic heterocycles. The number of aromatic nitrogens is 3. The van der Waals surface area contributed by atoms with Crippen LogP contribution in [0.25, 0.3) is 0 Å². The molecule has 0 bridgehead atoms. The Hall–Kier alpha value is -1.10. The Bertz CT molecular complexity index is 449. The van der Waals surface area contributed by atoms with Crippen LogP contribution >= 0.6 is 0 Å². The Labute approximate surface area is 121 Å². The lowest BCUT2D eigenvalue weighted by Gasteiger charge is -2.34. The van der Waals surface area contributed by atoms with E-state index in [1.54, 1.807) is 0 Å². The van der Waals surface area contributed by atoms with Crippen molar-refractivity contribution in [3.63, 3.8) is 0 Å². The monoisotopic (exact) mass is 277 g/mol. The largest absolute Gasteiger partial charge is 0.338 e. The van der Waals surface area contributed by atoms with Gasteiger partial charge in [-0.25, -0.2) is 0 Å². The van der Waals surface area contributed by atoms with Crippen LogP contribution < -0.4 is 10.6 Å². The van der Waals surface area contributed by atoms with Gasteiger partial charge in [0.1, 0.15) is 5.82 Å². The van der Waals surface area contributed by atoms with Crippen LogP contribution in [0.3, 0.4) is 0 Å². The van der Waals surface area contributed by atoms with E-state index >= 15 is 0 Å². The molecule has 20 heavy (non-hydrogen) atoms.